The summed E-state index contributed by atoms with van der Waals surface area (Å²) in [5.74, 6) is 0.439. The molecule has 1 saturated heterocycles. The number of aromatic nitrogens is 2. The van der Waals surface area contributed by atoms with Crippen molar-refractivity contribution in [1.29, 1.82) is 0 Å². The SMILES string of the molecule is Cc1nc2cc(F)cc(Br)c2n1CC1CN(C(=O)OC(C)(C)C)CCCO1. The number of rotatable bonds is 2. The molecule has 1 aromatic heterocycles. The lowest BCUT2D eigenvalue weighted by Crippen LogP contribution is -2.41. The standard InChI is InChI=1S/C19H25BrFN3O3/c1-12-22-16-9-13(21)8-15(20)17(16)24(12)11-14-10-23(6-5-7-26-14)18(25)27-19(2,3)4/h8-9,14H,5-7,10-11H2,1-4H3. The van der Waals surface area contributed by atoms with Crippen LogP contribution in [0, 0.1) is 12.7 Å². The Balaban J connectivity index is 1.81. The van der Waals surface area contributed by atoms with Gasteiger partial charge in [-0.1, -0.05) is 0 Å². The quantitative estimate of drug-likeness (QED) is 0.697. The van der Waals surface area contributed by atoms with Gasteiger partial charge in [0.05, 0.1) is 30.2 Å². The molecule has 1 unspecified atom stereocenters. The monoisotopic (exact) mass is 441 g/mol. The molecule has 148 valence electrons. The van der Waals surface area contributed by atoms with Crippen molar-refractivity contribution in [2.45, 2.75) is 52.4 Å². The van der Waals surface area contributed by atoms with Gasteiger partial charge >= 0.3 is 6.09 Å². The minimum atomic E-state index is -0.536. The normalized spacial score (nSPS) is 18.6. The van der Waals surface area contributed by atoms with Crippen LogP contribution in [0.1, 0.15) is 33.0 Å². The largest absolute Gasteiger partial charge is 0.444 e. The number of imidazole rings is 1. The highest BCUT2D eigenvalue weighted by atomic mass is 79.9. The molecule has 8 heteroatoms. The molecule has 0 N–H and O–H groups in total. The van der Waals surface area contributed by atoms with Crippen LogP contribution in [0.4, 0.5) is 9.18 Å². The maximum absolute atomic E-state index is 13.7. The molecule has 0 radical (unpaired) electrons. The van der Waals surface area contributed by atoms with E-state index in [4.69, 9.17) is 9.47 Å². The Morgan fingerprint density at radius 1 is 1.44 bits per heavy atom. The van der Waals surface area contributed by atoms with Crippen molar-refractivity contribution < 1.29 is 18.7 Å². The fourth-order valence-electron chi connectivity index (χ4n) is 3.23. The lowest BCUT2D eigenvalue weighted by atomic mass is 10.2. The van der Waals surface area contributed by atoms with Crippen LogP contribution in [-0.2, 0) is 16.0 Å². The number of hydrogen-bond donors (Lipinski definition) is 0. The summed E-state index contributed by atoms with van der Waals surface area (Å²) < 4.78 is 27.8. The van der Waals surface area contributed by atoms with Gasteiger partial charge in [0.15, 0.2) is 0 Å². The van der Waals surface area contributed by atoms with Gasteiger partial charge in [0.25, 0.3) is 0 Å². The fourth-order valence-corrected chi connectivity index (χ4v) is 3.86. The van der Waals surface area contributed by atoms with E-state index in [1.54, 1.807) is 4.90 Å². The zero-order valence-corrected chi connectivity index (χ0v) is 17.7. The maximum Gasteiger partial charge on any atom is 0.410 e. The number of fused-ring (bicyclic) bond motifs is 1. The van der Waals surface area contributed by atoms with Crippen LogP contribution in [0.2, 0.25) is 0 Å². The van der Waals surface area contributed by atoms with Crippen LogP contribution in [0.5, 0.6) is 0 Å². The molecule has 0 saturated carbocycles. The fraction of sp³-hybridized carbons (Fsp3) is 0.579. The number of carbonyl (C=O) groups is 1. The molecule has 1 aromatic carbocycles. The molecule has 0 aliphatic carbocycles. The summed E-state index contributed by atoms with van der Waals surface area (Å²) in [5.41, 5.74) is 0.883. The highest BCUT2D eigenvalue weighted by molar-refractivity contribution is 9.10. The summed E-state index contributed by atoms with van der Waals surface area (Å²) in [6.45, 7) is 9.58. The first-order valence-corrected chi connectivity index (χ1v) is 9.85. The van der Waals surface area contributed by atoms with E-state index in [-0.39, 0.29) is 18.0 Å². The lowest BCUT2D eigenvalue weighted by Gasteiger charge is -2.28. The van der Waals surface area contributed by atoms with Crippen LogP contribution in [0.15, 0.2) is 16.6 Å². The van der Waals surface area contributed by atoms with Crippen LogP contribution in [-0.4, -0.2) is 51.9 Å². The minimum absolute atomic E-state index is 0.201. The number of amides is 1. The van der Waals surface area contributed by atoms with Crippen molar-refractivity contribution in [3.05, 3.63) is 28.2 Å². The predicted octanol–water partition coefficient (Wildman–Crippen LogP) is 4.27. The molecule has 1 aliphatic heterocycles. The van der Waals surface area contributed by atoms with Crippen molar-refractivity contribution in [1.82, 2.24) is 14.5 Å². The highest BCUT2D eigenvalue weighted by Gasteiger charge is 2.28. The molecule has 0 spiro atoms. The molecule has 1 fully saturated rings. The Bertz CT molecular complexity index is 847. The number of carbonyl (C=O) groups excluding carboxylic acids is 1. The van der Waals surface area contributed by atoms with Gasteiger partial charge in [-0.25, -0.2) is 14.2 Å². The van der Waals surface area contributed by atoms with E-state index < -0.39 is 5.60 Å². The first kappa shape index (κ1) is 20.1. The van der Waals surface area contributed by atoms with Gasteiger partial charge in [-0.05, 0) is 56.1 Å². The van der Waals surface area contributed by atoms with E-state index in [9.17, 15) is 9.18 Å². The molecule has 27 heavy (non-hydrogen) atoms. The van der Waals surface area contributed by atoms with Gasteiger partial charge in [-0.2, -0.15) is 0 Å². The van der Waals surface area contributed by atoms with E-state index in [1.807, 2.05) is 32.3 Å². The second-order valence-corrected chi connectivity index (χ2v) is 8.65. The van der Waals surface area contributed by atoms with Crippen LogP contribution < -0.4 is 0 Å². The Hall–Kier alpha value is -1.67. The minimum Gasteiger partial charge on any atom is -0.444 e. The van der Waals surface area contributed by atoms with E-state index in [2.05, 4.69) is 20.9 Å². The second kappa shape index (κ2) is 7.75. The topological polar surface area (TPSA) is 56.6 Å². The van der Waals surface area contributed by atoms with Gasteiger partial charge in [0, 0.05) is 23.7 Å². The third-order valence-corrected chi connectivity index (χ3v) is 4.94. The Morgan fingerprint density at radius 2 is 2.19 bits per heavy atom. The molecule has 1 amide bonds. The number of hydrogen-bond acceptors (Lipinski definition) is 4. The van der Waals surface area contributed by atoms with Crippen molar-refractivity contribution in [2.24, 2.45) is 0 Å². The molecule has 2 heterocycles. The third kappa shape index (κ3) is 4.79. The number of halogens is 2. The summed E-state index contributed by atoms with van der Waals surface area (Å²) >= 11 is 3.43. The Labute approximate surface area is 166 Å². The van der Waals surface area contributed by atoms with Crippen LogP contribution in [0.3, 0.4) is 0 Å². The van der Waals surface area contributed by atoms with E-state index >= 15 is 0 Å². The number of nitrogens with zero attached hydrogens (tertiary/aromatic N) is 3. The zero-order valence-electron chi connectivity index (χ0n) is 16.1. The summed E-state index contributed by atoms with van der Waals surface area (Å²) in [7, 11) is 0. The summed E-state index contributed by atoms with van der Waals surface area (Å²) in [6, 6.07) is 2.85. The molecule has 3 rings (SSSR count). The maximum atomic E-state index is 13.7. The average Bonchev–Trinajstić information content (AvgIpc) is 2.70. The zero-order chi connectivity index (χ0) is 19.8. The van der Waals surface area contributed by atoms with Crippen molar-refractivity contribution in [2.75, 3.05) is 19.7 Å². The van der Waals surface area contributed by atoms with Gasteiger partial charge in [0.2, 0.25) is 0 Å². The molecule has 1 aliphatic rings. The van der Waals surface area contributed by atoms with E-state index in [1.165, 1.54) is 12.1 Å². The van der Waals surface area contributed by atoms with Crippen LogP contribution >= 0.6 is 15.9 Å². The average molecular weight is 442 g/mol. The third-order valence-electron chi connectivity index (χ3n) is 4.34. The number of aryl methyl sites for hydroxylation is 1. The van der Waals surface area contributed by atoms with Crippen LogP contribution in [0.25, 0.3) is 11.0 Å². The highest BCUT2D eigenvalue weighted by Crippen LogP contribution is 2.27. The lowest BCUT2D eigenvalue weighted by molar-refractivity contribution is 0.0111. The van der Waals surface area contributed by atoms with Crippen molar-refractivity contribution in [3.8, 4) is 0 Å². The van der Waals surface area contributed by atoms with Gasteiger partial charge in [0.1, 0.15) is 17.2 Å². The first-order valence-electron chi connectivity index (χ1n) is 9.05. The van der Waals surface area contributed by atoms with Gasteiger partial charge in [-0.3, -0.25) is 0 Å². The summed E-state index contributed by atoms with van der Waals surface area (Å²) in [4.78, 5) is 18.6. The molecular formula is C19H25BrFN3O3. The smallest absolute Gasteiger partial charge is 0.410 e. The molecule has 1 atom stereocenters. The van der Waals surface area contributed by atoms with Crippen molar-refractivity contribution in [3.63, 3.8) is 0 Å². The molecular weight excluding hydrogens is 417 g/mol. The number of benzene rings is 1. The summed E-state index contributed by atoms with van der Waals surface area (Å²) in [6.07, 6.45) is 0.232. The van der Waals surface area contributed by atoms with Crippen molar-refractivity contribution >= 4 is 33.1 Å². The molecule has 6 nitrogen and oxygen atoms in total. The van der Waals surface area contributed by atoms with E-state index in [0.29, 0.717) is 36.2 Å². The Morgan fingerprint density at radius 3 is 2.89 bits per heavy atom. The number of ether oxygens (including phenoxy) is 2. The second-order valence-electron chi connectivity index (χ2n) is 7.80. The molecule has 0 bridgehead atoms. The summed E-state index contributed by atoms with van der Waals surface area (Å²) in [5, 5.41) is 0. The van der Waals surface area contributed by atoms with E-state index in [0.717, 1.165) is 17.8 Å². The first-order chi connectivity index (χ1) is 12.6. The van der Waals surface area contributed by atoms with Gasteiger partial charge < -0.3 is 18.9 Å². The molecule has 2 aromatic rings. The van der Waals surface area contributed by atoms with Gasteiger partial charge in [-0.15, -0.1) is 0 Å². The Kier molecular flexibility index (Phi) is 5.76. The predicted molar refractivity (Wildman–Crippen MR) is 104 cm³/mol.